The molecule has 8 heteroatoms. The van der Waals surface area contributed by atoms with Gasteiger partial charge in [-0.25, -0.2) is 4.79 Å². The molecule has 2 N–H and O–H groups in total. The minimum Gasteiger partial charge on any atom is -0.497 e. The lowest BCUT2D eigenvalue weighted by atomic mass is 9.93. The normalized spacial score (nSPS) is 20.2. The number of carboxylic acid groups (broad SMARTS) is 1. The number of hydrogen-bond acceptors (Lipinski definition) is 5. The van der Waals surface area contributed by atoms with Crippen LogP contribution in [0.5, 0.6) is 5.75 Å². The largest absolute Gasteiger partial charge is 0.497 e. The zero-order chi connectivity index (χ0) is 25.0. The summed E-state index contributed by atoms with van der Waals surface area (Å²) >= 11 is 0. The van der Waals surface area contributed by atoms with E-state index in [-0.39, 0.29) is 18.2 Å². The number of amides is 2. The van der Waals surface area contributed by atoms with Crippen LogP contribution in [0.3, 0.4) is 0 Å². The number of benzene rings is 2. The van der Waals surface area contributed by atoms with Crippen molar-refractivity contribution in [3.63, 3.8) is 0 Å². The maximum atomic E-state index is 13.5. The molecule has 2 aromatic carbocycles. The van der Waals surface area contributed by atoms with Gasteiger partial charge in [0, 0.05) is 25.9 Å². The molecule has 2 heterocycles. The monoisotopic (exact) mass is 479 g/mol. The fourth-order valence-electron chi connectivity index (χ4n) is 5.28. The summed E-state index contributed by atoms with van der Waals surface area (Å²) in [5, 5.41) is 13.4. The van der Waals surface area contributed by atoms with Gasteiger partial charge in [0.1, 0.15) is 11.8 Å². The number of methoxy groups -OCH3 is 1. The van der Waals surface area contributed by atoms with Crippen LogP contribution in [0, 0.1) is 0 Å². The first kappa shape index (κ1) is 24.7. The number of carbonyl (C=O) groups is 3. The number of nitrogens with zero attached hydrogens (tertiary/aromatic N) is 2. The van der Waals surface area contributed by atoms with E-state index >= 15 is 0 Å². The van der Waals surface area contributed by atoms with E-state index < -0.39 is 23.7 Å². The highest BCUT2D eigenvalue weighted by molar-refractivity contribution is 5.90. The van der Waals surface area contributed by atoms with Crippen molar-refractivity contribution in [3.8, 4) is 5.75 Å². The standard InChI is InChI=1S/C27H33N3O5/c1-3-23(26(33)34)30-25(32)22(17-19-7-5-4-6-8-19)28-27(30)13-15-29(16-14-27)24(31)18-20-9-11-21(35-2)12-10-20/h4-12,22-23,28H,3,13-18H2,1-2H3,(H,33,34). The Balaban J connectivity index is 1.48. The van der Waals surface area contributed by atoms with E-state index in [1.54, 1.807) is 18.9 Å². The SMILES string of the molecule is CCC(C(=O)O)N1C(=O)C(Cc2ccccc2)NC12CCN(C(=O)Cc1ccc(OC)cc1)CC2. The summed E-state index contributed by atoms with van der Waals surface area (Å²) in [7, 11) is 1.60. The number of nitrogens with one attached hydrogen (secondary N) is 1. The average Bonchev–Trinajstić information content (AvgIpc) is 3.11. The van der Waals surface area contributed by atoms with Gasteiger partial charge in [0.25, 0.3) is 0 Å². The fraction of sp³-hybridized carbons (Fsp3) is 0.444. The van der Waals surface area contributed by atoms with Crippen molar-refractivity contribution >= 4 is 17.8 Å². The van der Waals surface area contributed by atoms with Crippen molar-refractivity contribution in [2.45, 2.75) is 56.8 Å². The molecule has 35 heavy (non-hydrogen) atoms. The van der Waals surface area contributed by atoms with E-state index in [1.165, 1.54) is 0 Å². The van der Waals surface area contributed by atoms with Gasteiger partial charge in [0.15, 0.2) is 0 Å². The van der Waals surface area contributed by atoms with Crippen molar-refractivity contribution in [1.29, 1.82) is 0 Å². The Kier molecular flexibility index (Phi) is 7.40. The maximum Gasteiger partial charge on any atom is 0.326 e. The summed E-state index contributed by atoms with van der Waals surface area (Å²) in [4.78, 5) is 41.9. The molecule has 0 aromatic heterocycles. The highest BCUT2D eigenvalue weighted by atomic mass is 16.5. The molecule has 1 spiro atoms. The van der Waals surface area contributed by atoms with Crippen LogP contribution < -0.4 is 10.1 Å². The average molecular weight is 480 g/mol. The summed E-state index contributed by atoms with van der Waals surface area (Å²) in [5.41, 5.74) is 1.16. The fourth-order valence-corrected chi connectivity index (χ4v) is 5.28. The summed E-state index contributed by atoms with van der Waals surface area (Å²) in [6, 6.07) is 15.8. The lowest BCUT2D eigenvalue weighted by Gasteiger charge is -2.46. The number of likely N-dealkylation sites (tertiary alicyclic amines) is 1. The molecule has 2 saturated heterocycles. The molecule has 8 nitrogen and oxygen atoms in total. The molecule has 0 radical (unpaired) electrons. The molecular weight excluding hydrogens is 446 g/mol. The quantitative estimate of drug-likeness (QED) is 0.604. The van der Waals surface area contributed by atoms with E-state index in [2.05, 4.69) is 5.32 Å². The molecule has 186 valence electrons. The molecule has 0 aliphatic carbocycles. The third-order valence-corrected chi connectivity index (χ3v) is 7.16. The van der Waals surface area contributed by atoms with Crippen molar-refractivity contribution < 1.29 is 24.2 Å². The molecule has 2 aliphatic rings. The van der Waals surface area contributed by atoms with E-state index in [0.717, 1.165) is 16.9 Å². The lowest BCUT2D eigenvalue weighted by Crippen LogP contribution is -2.63. The van der Waals surface area contributed by atoms with Crippen LogP contribution in [0.25, 0.3) is 0 Å². The highest BCUT2D eigenvalue weighted by Crippen LogP contribution is 2.36. The van der Waals surface area contributed by atoms with E-state index in [9.17, 15) is 19.5 Å². The molecule has 2 fully saturated rings. The Labute approximate surface area is 205 Å². The van der Waals surface area contributed by atoms with Crippen LogP contribution >= 0.6 is 0 Å². The summed E-state index contributed by atoms with van der Waals surface area (Å²) < 4.78 is 5.18. The van der Waals surface area contributed by atoms with Crippen molar-refractivity contribution in [1.82, 2.24) is 15.1 Å². The van der Waals surface area contributed by atoms with E-state index in [0.29, 0.717) is 38.8 Å². The number of piperidine rings is 1. The molecule has 2 aromatic rings. The van der Waals surface area contributed by atoms with Gasteiger partial charge in [-0.3, -0.25) is 14.9 Å². The number of rotatable bonds is 8. The van der Waals surface area contributed by atoms with Gasteiger partial charge in [-0.05, 0) is 36.1 Å². The Morgan fingerprint density at radius 1 is 1.09 bits per heavy atom. The van der Waals surface area contributed by atoms with Gasteiger partial charge in [0.05, 0.1) is 25.2 Å². The number of carboxylic acids is 1. The number of aliphatic carboxylic acids is 1. The Morgan fingerprint density at radius 3 is 2.31 bits per heavy atom. The first-order valence-electron chi connectivity index (χ1n) is 12.1. The van der Waals surface area contributed by atoms with Gasteiger partial charge in [-0.15, -0.1) is 0 Å². The Morgan fingerprint density at radius 2 is 1.74 bits per heavy atom. The zero-order valence-electron chi connectivity index (χ0n) is 20.3. The zero-order valence-corrected chi connectivity index (χ0v) is 20.3. The van der Waals surface area contributed by atoms with Crippen LogP contribution in [0.15, 0.2) is 54.6 Å². The van der Waals surface area contributed by atoms with Crippen molar-refractivity contribution in [2.75, 3.05) is 20.2 Å². The topological polar surface area (TPSA) is 99.2 Å². The first-order chi connectivity index (χ1) is 16.9. The first-order valence-corrected chi connectivity index (χ1v) is 12.1. The van der Waals surface area contributed by atoms with E-state index in [4.69, 9.17) is 4.74 Å². The van der Waals surface area contributed by atoms with Gasteiger partial charge < -0.3 is 19.6 Å². The van der Waals surface area contributed by atoms with Crippen LogP contribution in [-0.2, 0) is 27.2 Å². The second-order valence-corrected chi connectivity index (χ2v) is 9.29. The molecular formula is C27H33N3O5. The van der Waals surface area contributed by atoms with Crippen LogP contribution in [-0.4, -0.2) is 70.6 Å². The van der Waals surface area contributed by atoms with Crippen LogP contribution in [0.2, 0.25) is 0 Å². The molecule has 2 aliphatic heterocycles. The third kappa shape index (κ3) is 5.17. The molecule has 2 unspecified atom stereocenters. The van der Waals surface area contributed by atoms with Crippen LogP contribution in [0.4, 0.5) is 0 Å². The second kappa shape index (κ2) is 10.5. The third-order valence-electron chi connectivity index (χ3n) is 7.16. The number of hydrogen-bond donors (Lipinski definition) is 2. The summed E-state index contributed by atoms with van der Waals surface area (Å²) in [6.45, 7) is 2.71. The Bertz CT molecular complexity index is 1050. The molecule has 4 rings (SSSR count). The van der Waals surface area contributed by atoms with Gasteiger partial charge in [-0.1, -0.05) is 49.4 Å². The number of carbonyl (C=O) groups excluding carboxylic acids is 2. The minimum atomic E-state index is -1.000. The van der Waals surface area contributed by atoms with Gasteiger partial charge >= 0.3 is 5.97 Å². The van der Waals surface area contributed by atoms with Gasteiger partial charge in [-0.2, -0.15) is 0 Å². The summed E-state index contributed by atoms with van der Waals surface area (Å²) in [5.74, 6) is -0.416. The van der Waals surface area contributed by atoms with Crippen molar-refractivity contribution in [3.05, 3.63) is 65.7 Å². The summed E-state index contributed by atoms with van der Waals surface area (Å²) in [6.07, 6.45) is 2.08. The molecule has 0 bridgehead atoms. The molecule has 2 amide bonds. The van der Waals surface area contributed by atoms with Crippen LogP contribution in [0.1, 0.15) is 37.3 Å². The van der Waals surface area contributed by atoms with Crippen molar-refractivity contribution in [2.24, 2.45) is 0 Å². The lowest BCUT2D eigenvalue weighted by molar-refractivity contribution is -0.155. The smallest absolute Gasteiger partial charge is 0.326 e. The molecule has 0 saturated carbocycles. The highest BCUT2D eigenvalue weighted by Gasteiger charge is 2.55. The van der Waals surface area contributed by atoms with Gasteiger partial charge in [0.2, 0.25) is 11.8 Å². The predicted molar refractivity (Wildman–Crippen MR) is 131 cm³/mol. The Hall–Kier alpha value is -3.39. The number of ether oxygens (including phenoxy) is 1. The van der Waals surface area contributed by atoms with E-state index in [1.807, 2.05) is 59.5 Å². The second-order valence-electron chi connectivity index (χ2n) is 9.29. The predicted octanol–water partition coefficient (Wildman–Crippen LogP) is 2.46. The minimum absolute atomic E-state index is 0.0204. The molecule has 2 atom stereocenters. The maximum absolute atomic E-state index is 13.5.